The molecule has 5 heteroatoms. The zero-order chi connectivity index (χ0) is 13.3. The third kappa shape index (κ3) is 2.13. The summed E-state index contributed by atoms with van der Waals surface area (Å²) in [5.41, 5.74) is 8.49. The van der Waals surface area contributed by atoms with Crippen LogP contribution in [-0.2, 0) is 0 Å². The highest BCUT2D eigenvalue weighted by Crippen LogP contribution is 2.35. The topological polar surface area (TPSA) is 69.1 Å². The first-order valence-corrected chi connectivity index (χ1v) is 6.68. The van der Waals surface area contributed by atoms with E-state index in [1.54, 1.807) is 23.9 Å². The van der Waals surface area contributed by atoms with Crippen LogP contribution in [0.2, 0.25) is 0 Å². The Morgan fingerprint density at radius 3 is 2.61 bits per heavy atom. The molecule has 2 rings (SSSR count). The molecule has 0 saturated carbocycles. The van der Waals surface area contributed by atoms with Gasteiger partial charge >= 0.3 is 0 Å². The molecule has 1 heterocycles. The van der Waals surface area contributed by atoms with E-state index >= 15 is 0 Å². The molecule has 0 aliphatic carbocycles. The molecule has 0 atom stereocenters. The van der Waals surface area contributed by atoms with Gasteiger partial charge in [0.15, 0.2) is 0 Å². The number of carbonyl (C=O) groups excluding carboxylic acids is 1. The quantitative estimate of drug-likeness (QED) is 0.863. The number of hydrogen-bond donors (Lipinski definition) is 1. The van der Waals surface area contributed by atoms with Crippen molar-refractivity contribution in [1.82, 2.24) is 5.16 Å². The first-order valence-electron chi connectivity index (χ1n) is 5.45. The molecule has 0 bridgehead atoms. The first kappa shape index (κ1) is 12.7. The zero-order valence-electron chi connectivity index (χ0n) is 10.5. The fourth-order valence-corrected chi connectivity index (χ4v) is 2.51. The second kappa shape index (κ2) is 4.86. The van der Waals surface area contributed by atoms with Crippen LogP contribution in [0.4, 0.5) is 0 Å². The molecule has 0 unspecified atom stereocenters. The SMILES string of the molecule is CSc1ccc(C(N)=O)cc1-c1c(C)noc1C. The largest absolute Gasteiger partial charge is 0.366 e. The van der Waals surface area contributed by atoms with Gasteiger partial charge in [-0.2, -0.15) is 0 Å². The number of aromatic nitrogens is 1. The van der Waals surface area contributed by atoms with Crippen LogP contribution in [0.5, 0.6) is 0 Å². The van der Waals surface area contributed by atoms with Crippen molar-refractivity contribution in [2.45, 2.75) is 18.7 Å². The van der Waals surface area contributed by atoms with Gasteiger partial charge in [-0.25, -0.2) is 0 Å². The van der Waals surface area contributed by atoms with Crippen molar-refractivity contribution in [1.29, 1.82) is 0 Å². The summed E-state index contributed by atoms with van der Waals surface area (Å²) in [6, 6.07) is 5.42. The molecular weight excluding hydrogens is 248 g/mol. The third-order valence-electron chi connectivity index (χ3n) is 2.79. The minimum absolute atomic E-state index is 0.435. The van der Waals surface area contributed by atoms with Crippen LogP contribution in [0.3, 0.4) is 0 Å². The monoisotopic (exact) mass is 262 g/mol. The van der Waals surface area contributed by atoms with E-state index in [4.69, 9.17) is 10.3 Å². The van der Waals surface area contributed by atoms with E-state index in [-0.39, 0.29) is 0 Å². The van der Waals surface area contributed by atoms with Gasteiger partial charge in [0.1, 0.15) is 5.76 Å². The van der Waals surface area contributed by atoms with E-state index in [1.165, 1.54) is 0 Å². The van der Waals surface area contributed by atoms with Gasteiger partial charge < -0.3 is 10.3 Å². The van der Waals surface area contributed by atoms with Crippen molar-refractivity contribution >= 4 is 17.7 Å². The fourth-order valence-electron chi connectivity index (χ4n) is 1.92. The number of nitrogens with two attached hydrogens (primary N) is 1. The van der Waals surface area contributed by atoms with E-state index in [0.29, 0.717) is 5.56 Å². The van der Waals surface area contributed by atoms with Crippen LogP contribution in [-0.4, -0.2) is 17.3 Å². The molecule has 1 aromatic heterocycles. The maximum Gasteiger partial charge on any atom is 0.248 e. The third-order valence-corrected chi connectivity index (χ3v) is 3.58. The maximum absolute atomic E-state index is 11.3. The Morgan fingerprint density at radius 2 is 2.11 bits per heavy atom. The van der Waals surface area contributed by atoms with E-state index in [0.717, 1.165) is 27.5 Å². The van der Waals surface area contributed by atoms with Crippen LogP contribution < -0.4 is 5.73 Å². The van der Waals surface area contributed by atoms with Crippen LogP contribution in [0.15, 0.2) is 27.6 Å². The number of primary amides is 1. The summed E-state index contributed by atoms with van der Waals surface area (Å²) in [7, 11) is 0. The maximum atomic E-state index is 11.3. The standard InChI is InChI=1S/C13H14N2O2S/c1-7-12(8(2)17-15-7)10-6-9(13(14)16)4-5-11(10)18-3/h4-6H,1-3H3,(H2,14,16). The number of aryl methyl sites for hydroxylation is 2. The predicted molar refractivity (Wildman–Crippen MR) is 71.7 cm³/mol. The number of carbonyl (C=O) groups is 1. The highest BCUT2D eigenvalue weighted by Gasteiger charge is 2.16. The molecule has 0 saturated heterocycles. The van der Waals surface area contributed by atoms with Gasteiger partial charge in [0.05, 0.1) is 5.69 Å². The van der Waals surface area contributed by atoms with Gasteiger partial charge in [0.2, 0.25) is 5.91 Å². The van der Waals surface area contributed by atoms with Crippen LogP contribution >= 0.6 is 11.8 Å². The van der Waals surface area contributed by atoms with E-state index < -0.39 is 5.91 Å². The number of amides is 1. The number of rotatable bonds is 3. The van der Waals surface area contributed by atoms with Crippen molar-refractivity contribution in [2.75, 3.05) is 6.26 Å². The predicted octanol–water partition coefficient (Wildman–Crippen LogP) is 2.78. The molecule has 0 radical (unpaired) electrons. The Balaban J connectivity index is 2.68. The highest BCUT2D eigenvalue weighted by atomic mass is 32.2. The van der Waals surface area contributed by atoms with Crippen molar-refractivity contribution in [3.8, 4) is 11.1 Å². The number of hydrogen-bond acceptors (Lipinski definition) is 4. The smallest absolute Gasteiger partial charge is 0.248 e. The van der Waals surface area contributed by atoms with Crippen LogP contribution in [0.25, 0.3) is 11.1 Å². The molecule has 0 aliphatic rings. The molecule has 0 fully saturated rings. The lowest BCUT2D eigenvalue weighted by Gasteiger charge is -2.08. The molecule has 4 nitrogen and oxygen atoms in total. The Bertz CT molecular complexity index is 586. The molecule has 1 amide bonds. The number of benzene rings is 1. The van der Waals surface area contributed by atoms with Crippen LogP contribution in [0, 0.1) is 13.8 Å². The van der Waals surface area contributed by atoms with E-state index in [9.17, 15) is 4.79 Å². The Labute approximate surface area is 110 Å². The van der Waals surface area contributed by atoms with Crippen molar-refractivity contribution in [3.63, 3.8) is 0 Å². The fraction of sp³-hybridized carbons (Fsp3) is 0.231. The van der Waals surface area contributed by atoms with Gasteiger partial charge in [-0.15, -0.1) is 11.8 Å². The Morgan fingerprint density at radius 1 is 1.39 bits per heavy atom. The Kier molecular flexibility index (Phi) is 3.43. The molecule has 18 heavy (non-hydrogen) atoms. The molecule has 0 aliphatic heterocycles. The summed E-state index contributed by atoms with van der Waals surface area (Å²) in [5, 5.41) is 3.94. The number of thioether (sulfide) groups is 1. The molecular formula is C13H14N2O2S. The summed E-state index contributed by atoms with van der Waals surface area (Å²) in [5.74, 6) is 0.306. The average molecular weight is 262 g/mol. The van der Waals surface area contributed by atoms with Crippen molar-refractivity contribution < 1.29 is 9.32 Å². The highest BCUT2D eigenvalue weighted by molar-refractivity contribution is 7.98. The molecule has 2 aromatic rings. The van der Waals surface area contributed by atoms with E-state index in [2.05, 4.69) is 5.16 Å². The molecule has 2 N–H and O–H groups in total. The normalized spacial score (nSPS) is 10.6. The van der Waals surface area contributed by atoms with E-state index in [1.807, 2.05) is 26.2 Å². The lowest BCUT2D eigenvalue weighted by molar-refractivity contribution is 0.100. The average Bonchev–Trinajstić information content (AvgIpc) is 2.68. The van der Waals surface area contributed by atoms with Gasteiger partial charge in [-0.1, -0.05) is 5.16 Å². The van der Waals surface area contributed by atoms with Gasteiger partial charge in [0, 0.05) is 21.6 Å². The lowest BCUT2D eigenvalue weighted by atomic mass is 10.0. The summed E-state index contributed by atoms with van der Waals surface area (Å²) >= 11 is 1.61. The molecule has 94 valence electrons. The first-order chi connectivity index (χ1) is 8.54. The van der Waals surface area contributed by atoms with Gasteiger partial charge in [0.25, 0.3) is 0 Å². The second-order valence-corrected chi connectivity index (χ2v) is 4.83. The lowest BCUT2D eigenvalue weighted by Crippen LogP contribution is -2.10. The minimum Gasteiger partial charge on any atom is -0.366 e. The molecule has 1 aromatic carbocycles. The number of nitrogens with zero attached hydrogens (tertiary/aromatic N) is 1. The minimum atomic E-state index is -0.435. The van der Waals surface area contributed by atoms with Gasteiger partial charge in [-0.05, 0) is 38.3 Å². The van der Waals surface area contributed by atoms with Gasteiger partial charge in [-0.3, -0.25) is 4.79 Å². The summed E-state index contributed by atoms with van der Waals surface area (Å²) < 4.78 is 5.17. The Hall–Kier alpha value is -1.75. The summed E-state index contributed by atoms with van der Waals surface area (Å²) in [6.07, 6.45) is 1.99. The summed E-state index contributed by atoms with van der Waals surface area (Å²) in [4.78, 5) is 12.3. The van der Waals surface area contributed by atoms with Crippen LogP contribution in [0.1, 0.15) is 21.8 Å². The van der Waals surface area contributed by atoms with Crippen molar-refractivity contribution in [3.05, 3.63) is 35.2 Å². The molecule has 0 spiro atoms. The second-order valence-electron chi connectivity index (χ2n) is 3.98. The van der Waals surface area contributed by atoms with Crippen molar-refractivity contribution in [2.24, 2.45) is 5.73 Å². The summed E-state index contributed by atoms with van der Waals surface area (Å²) in [6.45, 7) is 3.74. The zero-order valence-corrected chi connectivity index (χ0v) is 11.3.